The molecule has 0 spiro atoms. The molecule has 0 amide bonds. The van der Waals surface area contributed by atoms with E-state index in [9.17, 15) is 4.79 Å². The quantitative estimate of drug-likeness (QED) is 0.843. The van der Waals surface area contributed by atoms with Crippen molar-refractivity contribution in [3.05, 3.63) is 34.3 Å². The number of carbonyl (C=O) groups is 1. The molecular weight excluding hydrogens is 270 g/mol. The molecule has 16 heavy (non-hydrogen) atoms. The highest BCUT2D eigenvalue weighted by atomic mass is 79.9. The van der Waals surface area contributed by atoms with Gasteiger partial charge in [-0.1, -0.05) is 28.1 Å². The van der Waals surface area contributed by atoms with Gasteiger partial charge in [-0.15, -0.1) is 0 Å². The average Bonchev–Trinajstić information content (AvgIpc) is 3.09. The topological polar surface area (TPSA) is 38.3 Å². The Hall–Kier alpha value is -0.870. The van der Waals surface area contributed by atoms with Gasteiger partial charge in [0.25, 0.3) is 0 Å². The van der Waals surface area contributed by atoms with Gasteiger partial charge in [-0.3, -0.25) is 4.79 Å². The number of carbonyl (C=O) groups excluding carboxylic acids is 1. The Bertz CT molecular complexity index is 360. The Labute approximate surface area is 103 Å². The second-order valence-electron chi connectivity index (χ2n) is 3.94. The molecule has 1 N–H and O–H groups in total. The van der Waals surface area contributed by atoms with Gasteiger partial charge >= 0.3 is 5.97 Å². The normalized spacial score (nSPS) is 14.8. The van der Waals surface area contributed by atoms with Gasteiger partial charge in [0.1, 0.15) is 6.61 Å². The van der Waals surface area contributed by atoms with Gasteiger partial charge in [-0.25, -0.2) is 0 Å². The third-order valence-electron chi connectivity index (χ3n) is 2.43. The number of esters is 1. The summed E-state index contributed by atoms with van der Waals surface area (Å²) in [6.45, 7) is 0.666. The maximum absolute atomic E-state index is 11.3. The van der Waals surface area contributed by atoms with Crippen LogP contribution in [-0.2, 0) is 16.1 Å². The van der Waals surface area contributed by atoms with Crippen molar-refractivity contribution in [1.29, 1.82) is 0 Å². The van der Waals surface area contributed by atoms with Crippen LogP contribution in [0.2, 0.25) is 0 Å². The van der Waals surface area contributed by atoms with Crippen LogP contribution < -0.4 is 5.32 Å². The lowest BCUT2D eigenvalue weighted by atomic mass is 10.2. The molecule has 86 valence electrons. The molecule has 1 aliphatic rings. The number of nitrogens with one attached hydrogen (secondary N) is 1. The van der Waals surface area contributed by atoms with E-state index in [1.54, 1.807) is 0 Å². The molecule has 1 fully saturated rings. The maximum Gasteiger partial charge on any atom is 0.320 e. The number of benzene rings is 1. The van der Waals surface area contributed by atoms with E-state index in [4.69, 9.17) is 4.74 Å². The smallest absolute Gasteiger partial charge is 0.320 e. The fourth-order valence-corrected chi connectivity index (χ4v) is 1.57. The predicted octanol–water partition coefficient (Wildman–Crippen LogP) is 2.24. The van der Waals surface area contributed by atoms with Gasteiger partial charge in [0.15, 0.2) is 0 Å². The fourth-order valence-electron chi connectivity index (χ4n) is 1.31. The molecule has 0 aliphatic heterocycles. The Morgan fingerprint density at radius 1 is 1.38 bits per heavy atom. The Balaban J connectivity index is 1.69. The third kappa shape index (κ3) is 3.94. The minimum atomic E-state index is -0.185. The molecule has 0 atom stereocenters. The van der Waals surface area contributed by atoms with Gasteiger partial charge in [-0.2, -0.15) is 0 Å². The zero-order valence-corrected chi connectivity index (χ0v) is 10.5. The van der Waals surface area contributed by atoms with E-state index in [-0.39, 0.29) is 5.97 Å². The second-order valence-corrected chi connectivity index (χ2v) is 4.86. The summed E-state index contributed by atoms with van der Waals surface area (Å²) in [6.07, 6.45) is 2.36. The van der Waals surface area contributed by atoms with Crippen LogP contribution in [0.25, 0.3) is 0 Å². The molecular formula is C12H14BrNO2. The Kier molecular flexibility index (Phi) is 3.96. The van der Waals surface area contributed by atoms with Crippen LogP contribution in [0.3, 0.4) is 0 Å². The molecule has 0 unspecified atom stereocenters. The molecule has 0 saturated heterocycles. The molecule has 1 aromatic carbocycles. The molecule has 0 aromatic heterocycles. The van der Waals surface area contributed by atoms with E-state index in [2.05, 4.69) is 21.2 Å². The highest BCUT2D eigenvalue weighted by Crippen LogP contribution is 2.18. The van der Waals surface area contributed by atoms with Gasteiger partial charge in [0.2, 0.25) is 0 Å². The van der Waals surface area contributed by atoms with E-state index in [1.165, 1.54) is 12.8 Å². The van der Waals surface area contributed by atoms with Gasteiger partial charge in [0, 0.05) is 10.5 Å². The van der Waals surface area contributed by atoms with Crippen molar-refractivity contribution in [2.45, 2.75) is 25.5 Å². The standard InChI is InChI=1S/C12H14BrNO2/c13-10-3-1-9(2-4-10)8-16-12(15)7-14-11-5-6-11/h1-4,11,14H,5-8H2. The minimum absolute atomic E-state index is 0.185. The van der Waals surface area contributed by atoms with Crippen molar-refractivity contribution in [3.63, 3.8) is 0 Å². The van der Waals surface area contributed by atoms with Crippen LogP contribution in [0, 0.1) is 0 Å². The summed E-state index contributed by atoms with van der Waals surface area (Å²) < 4.78 is 6.16. The molecule has 1 aliphatic carbocycles. The van der Waals surface area contributed by atoms with E-state index < -0.39 is 0 Å². The van der Waals surface area contributed by atoms with Gasteiger partial charge in [-0.05, 0) is 30.5 Å². The maximum atomic E-state index is 11.3. The third-order valence-corrected chi connectivity index (χ3v) is 2.95. The first-order chi connectivity index (χ1) is 7.74. The lowest BCUT2D eigenvalue weighted by Crippen LogP contribution is -2.26. The first-order valence-electron chi connectivity index (χ1n) is 5.37. The first-order valence-corrected chi connectivity index (χ1v) is 6.17. The predicted molar refractivity (Wildman–Crippen MR) is 65.0 cm³/mol. The lowest BCUT2D eigenvalue weighted by molar-refractivity contribution is -0.143. The second kappa shape index (κ2) is 5.46. The van der Waals surface area contributed by atoms with Crippen LogP contribution in [0.1, 0.15) is 18.4 Å². The van der Waals surface area contributed by atoms with Crippen LogP contribution in [0.5, 0.6) is 0 Å². The summed E-state index contributed by atoms with van der Waals surface area (Å²) in [5, 5.41) is 3.12. The first kappa shape index (κ1) is 11.6. The van der Waals surface area contributed by atoms with Crippen molar-refractivity contribution in [3.8, 4) is 0 Å². The van der Waals surface area contributed by atoms with E-state index in [0.29, 0.717) is 19.2 Å². The summed E-state index contributed by atoms with van der Waals surface area (Å²) >= 11 is 3.36. The number of halogens is 1. The van der Waals surface area contributed by atoms with Crippen LogP contribution >= 0.6 is 15.9 Å². The minimum Gasteiger partial charge on any atom is -0.460 e. The summed E-state index contributed by atoms with van der Waals surface area (Å²) in [7, 11) is 0. The van der Waals surface area contributed by atoms with E-state index >= 15 is 0 Å². The Morgan fingerprint density at radius 2 is 2.06 bits per heavy atom. The van der Waals surface area contributed by atoms with E-state index in [0.717, 1.165) is 10.0 Å². The molecule has 0 bridgehead atoms. The molecule has 1 aromatic rings. The van der Waals surface area contributed by atoms with Crippen LogP contribution in [0.4, 0.5) is 0 Å². The van der Waals surface area contributed by atoms with Crippen LogP contribution in [-0.4, -0.2) is 18.6 Å². The summed E-state index contributed by atoms with van der Waals surface area (Å²) in [5.41, 5.74) is 1.00. The number of hydrogen-bond donors (Lipinski definition) is 1. The zero-order valence-electron chi connectivity index (χ0n) is 8.91. The molecule has 3 nitrogen and oxygen atoms in total. The fraction of sp³-hybridized carbons (Fsp3) is 0.417. The molecule has 0 heterocycles. The summed E-state index contributed by atoms with van der Waals surface area (Å²) in [4.78, 5) is 11.3. The van der Waals surface area contributed by atoms with Crippen molar-refractivity contribution >= 4 is 21.9 Å². The zero-order chi connectivity index (χ0) is 11.4. The highest BCUT2D eigenvalue weighted by molar-refractivity contribution is 9.10. The summed E-state index contributed by atoms with van der Waals surface area (Å²) in [6, 6.07) is 8.29. The van der Waals surface area contributed by atoms with Crippen molar-refractivity contribution < 1.29 is 9.53 Å². The van der Waals surface area contributed by atoms with Crippen molar-refractivity contribution in [2.24, 2.45) is 0 Å². The van der Waals surface area contributed by atoms with Crippen molar-refractivity contribution in [1.82, 2.24) is 5.32 Å². The molecule has 4 heteroatoms. The molecule has 1 saturated carbocycles. The molecule has 2 rings (SSSR count). The van der Waals surface area contributed by atoms with Gasteiger partial charge < -0.3 is 10.1 Å². The number of rotatable bonds is 5. The average molecular weight is 284 g/mol. The highest BCUT2D eigenvalue weighted by Gasteiger charge is 2.21. The van der Waals surface area contributed by atoms with Gasteiger partial charge in [0.05, 0.1) is 6.54 Å². The largest absolute Gasteiger partial charge is 0.460 e. The SMILES string of the molecule is O=C(CNC1CC1)OCc1ccc(Br)cc1. The number of ether oxygens (including phenoxy) is 1. The van der Waals surface area contributed by atoms with Crippen molar-refractivity contribution in [2.75, 3.05) is 6.54 Å². The Morgan fingerprint density at radius 3 is 2.69 bits per heavy atom. The number of hydrogen-bond acceptors (Lipinski definition) is 3. The lowest BCUT2D eigenvalue weighted by Gasteiger charge is -2.05. The van der Waals surface area contributed by atoms with E-state index in [1.807, 2.05) is 24.3 Å². The monoisotopic (exact) mass is 283 g/mol. The molecule has 0 radical (unpaired) electrons. The summed E-state index contributed by atoms with van der Waals surface area (Å²) in [5.74, 6) is -0.185. The van der Waals surface area contributed by atoms with Crippen LogP contribution in [0.15, 0.2) is 28.7 Å².